The van der Waals surface area contributed by atoms with Crippen LogP contribution in [0.15, 0.2) is 27.8 Å². The Morgan fingerprint density at radius 2 is 2.15 bits per heavy atom. The Hall–Kier alpha value is -0.800. The van der Waals surface area contributed by atoms with E-state index in [2.05, 4.69) is 22.0 Å². The van der Waals surface area contributed by atoms with Crippen molar-refractivity contribution in [3.8, 4) is 0 Å². The molecule has 7 heteroatoms. The van der Waals surface area contributed by atoms with Crippen LogP contribution in [-0.2, 0) is 11.2 Å². The van der Waals surface area contributed by atoms with E-state index >= 15 is 0 Å². The number of nitrogens with zero attached hydrogens (tertiary/aromatic N) is 3. The number of unbranched alkanes of at least 4 members (excludes halogenated alkanes) is 1. The first-order chi connectivity index (χ1) is 12.8. The van der Waals surface area contributed by atoms with E-state index in [0.29, 0.717) is 0 Å². The van der Waals surface area contributed by atoms with Crippen molar-refractivity contribution in [2.45, 2.75) is 32.6 Å². The predicted octanol–water partition coefficient (Wildman–Crippen LogP) is 2.84. The van der Waals surface area contributed by atoms with Gasteiger partial charge in [-0.25, -0.2) is 0 Å². The number of halogens is 1. The van der Waals surface area contributed by atoms with Crippen molar-refractivity contribution in [2.24, 2.45) is 10.9 Å². The number of nitrogens with one attached hydrogen (secondary N) is 1. The largest absolute Gasteiger partial charge is 0.469 e. The molecule has 0 spiro atoms. The molecule has 1 N–H and O–H groups in total. The van der Waals surface area contributed by atoms with E-state index in [1.807, 2.05) is 12.1 Å². The first-order valence-corrected chi connectivity index (χ1v) is 10.2. The summed E-state index contributed by atoms with van der Waals surface area (Å²) in [5.74, 6) is 2.84. The number of aliphatic imine (C=N–C) groups is 1. The van der Waals surface area contributed by atoms with Gasteiger partial charge in [-0.2, -0.15) is 0 Å². The van der Waals surface area contributed by atoms with Gasteiger partial charge in [-0.05, 0) is 30.9 Å². The fourth-order valence-electron chi connectivity index (χ4n) is 3.69. The average molecular weight is 490 g/mol. The summed E-state index contributed by atoms with van der Waals surface area (Å²) in [4.78, 5) is 9.86. The average Bonchev–Trinajstić information content (AvgIpc) is 3.34. The molecule has 1 aromatic heterocycles. The Morgan fingerprint density at radius 3 is 2.89 bits per heavy atom. The maximum absolute atomic E-state index is 5.46. The molecule has 3 rings (SSSR count). The van der Waals surface area contributed by atoms with Crippen LogP contribution >= 0.6 is 24.0 Å². The zero-order valence-electron chi connectivity index (χ0n) is 16.6. The fourth-order valence-corrected chi connectivity index (χ4v) is 3.69. The first kappa shape index (κ1) is 22.5. The number of furan rings is 1. The lowest BCUT2D eigenvalue weighted by atomic mass is 10.1. The third-order valence-electron chi connectivity index (χ3n) is 5.21. The Bertz CT molecular complexity index is 532. The van der Waals surface area contributed by atoms with Crippen molar-refractivity contribution in [3.05, 3.63) is 24.2 Å². The van der Waals surface area contributed by atoms with Crippen LogP contribution in [-0.4, -0.2) is 74.8 Å². The second-order valence-electron chi connectivity index (χ2n) is 7.33. The number of guanidine groups is 1. The summed E-state index contributed by atoms with van der Waals surface area (Å²) < 4.78 is 10.9. The van der Waals surface area contributed by atoms with Crippen LogP contribution in [0.3, 0.4) is 0 Å². The molecule has 3 heterocycles. The van der Waals surface area contributed by atoms with E-state index in [9.17, 15) is 0 Å². The van der Waals surface area contributed by atoms with Crippen molar-refractivity contribution in [3.63, 3.8) is 0 Å². The van der Waals surface area contributed by atoms with Crippen LogP contribution in [0.5, 0.6) is 0 Å². The molecular weight excluding hydrogens is 455 g/mol. The lowest BCUT2D eigenvalue weighted by molar-refractivity contribution is 0.0315. The fraction of sp³-hybridized carbons (Fsp3) is 0.750. The molecule has 0 amide bonds. The molecule has 2 aliphatic rings. The third kappa shape index (κ3) is 7.62. The number of ether oxygens (including phenoxy) is 1. The van der Waals surface area contributed by atoms with Crippen molar-refractivity contribution in [1.82, 2.24) is 15.1 Å². The summed E-state index contributed by atoms with van der Waals surface area (Å²) in [6.45, 7) is 11.3. The van der Waals surface area contributed by atoms with Gasteiger partial charge in [0.2, 0.25) is 0 Å². The lowest BCUT2D eigenvalue weighted by Gasteiger charge is -2.29. The van der Waals surface area contributed by atoms with Gasteiger partial charge in [0.1, 0.15) is 5.76 Å². The Morgan fingerprint density at radius 1 is 1.30 bits per heavy atom. The van der Waals surface area contributed by atoms with Crippen molar-refractivity contribution >= 4 is 29.9 Å². The third-order valence-corrected chi connectivity index (χ3v) is 5.21. The molecule has 0 aliphatic carbocycles. The molecule has 2 saturated heterocycles. The molecule has 154 valence electrons. The van der Waals surface area contributed by atoms with Crippen molar-refractivity contribution < 1.29 is 9.15 Å². The van der Waals surface area contributed by atoms with E-state index in [1.165, 1.54) is 19.4 Å². The molecule has 27 heavy (non-hydrogen) atoms. The molecular formula is C20H35IN4O2. The zero-order valence-corrected chi connectivity index (χ0v) is 18.9. The first-order valence-electron chi connectivity index (χ1n) is 10.2. The molecule has 1 atom stereocenters. The van der Waals surface area contributed by atoms with Gasteiger partial charge in [0.05, 0.1) is 19.5 Å². The Kier molecular flexibility index (Phi) is 10.5. The van der Waals surface area contributed by atoms with Gasteiger partial charge in [0.15, 0.2) is 5.96 Å². The SMILES string of the molecule is CCCCN=C(NCCc1ccco1)N1CCC(CN2CCOCC2)C1.I. The number of hydrogen-bond donors (Lipinski definition) is 1. The van der Waals surface area contributed by atoms with Crippen LogP contribution in [0.4, 0.5) is 0 Å². The van der Waals surface area contributed by atoms with E-state index < -0.39 is 0 Å². The van der Waals surface area contributed by atoms with Gasteiger partial charge in [-0.1, -0.05) is 13.3 Å². The molecule has 0 saturated carbocycles. The minimum atomic E-state index is 0. The van der Waals surface area contributed by atoms with Crippen LogP contribution in [0, 0.1) is 5.92 Å². The lowest BCUT2D eigenvalue weighted by Crippen LogP contribution is -2.43. The zero-order chi connectivity index (χ0) is 18.0. The predicted molar refractivity (Wildman–Crippen MR) is 120 cm³/mol. The molecule has 2 aliphatic heterocycles. The number of rotatable bonds is 8. The summed E-state index contributed by atoms with van der Waals surface area (Å²) in [6, 6.07) is 3.98. The van der Waals surface area contributed by atoms with Crippen LogP contribution < -0.4 is 5.32 Å². The second kappa shape index (κ2) is 12.6. The quantitative estimate of drug-likeness (QED) is 0.263. The molecule has 1 aromatic rings. The number of hydrogen-bond acceptors (Lipinski definition) is 4. The van der Waals surface area contributed by atoms with Gasteiger partial charge >= 0.3 is 0 Å². The number of morpholine rings is 1. The minimum absolute atomic E-state index is 0. The number of likely N-dealkylation sites (tertiary alicyclic amines) is 1. The van der Waals surface area contributed by atoms with Crippen molar-refractivity contribution in [2.75, 3.05) is 59.0 Å². The van der Waals surface area contributed by atoms with Gasteiger partial charge in [-0.15, -0.1) is 24.0 Å². The van der Waals surface area contributed by atoms with Crippen LogP contribution in [0.2, 0.25) is 0 Å². The molecule has 0 bridgehead atoms. The maximum atomic E-state index is 5.46. The Labute approximate surface area is 180 Å². The van der Waals surface area contributed by atoms with E-state index in [0.717, 1.165) is 83.0 Å². The summed E-state index contributed by atoms with van der Waals surface area (Å²) in [5, 5.41) is 3.57. The van der Waals surface area contributed by atoms with Gasteiger partial charge in [0, 0.05) is 52.2 Å². The van der Waals surface area contributed by atoms with Gasteiger partial charge in [-0.3, -0.25) is 9.89 Å². The second-order valence-corrected chi connectivity index (χ2v) is 7.33. The summed E-state index contributed by atoms with van der Waals surface area (Å²) >= 11 is 0. The Balaban J connectivity index is 0.00000261. The molecule has 0 radical (unpaired) electrons. The van der Waals surface area contributed by atoms with Gasteiger partial charge in [0.25, 0.3) is 0 Å². The molecule has 1 unspecified atom stereocenters. The van der Waals surface area contributed by atoms with E-state index in [1.54, 1.807) is 6.26 Å². The maximum Gasteiger partial charge on any atom is 0.193 e. The van der Waals surface area contributed by atoms with E-state index in [-0.39, 0.29) is 24.0 Å². The normalized spacial score (nSPS) is 21.3. The molecule has 0 aromatic carbocycles. The summed E-state index contributed by atoms with van der Waals surface area (Å²) in [7, 11) is 0. The molecule has 2 fully saturated rings. The molecule has 6 nitrogen and oxygen atoms in total. The highest BCUT2D eigenvalue weighted by molar-refractivity contribution is 14.0. The van der Waals surface area contributed by atoms with Crippen molar-refractivity contribution in [1.29, 1.82) is 0 Å². The smallest absolute Gasteiger partial charge is 0.193 e. The summed E-state index contributed by atoms with van der Waals surface area (Å²) in [5.41, 5.74) is 0. The highest BCUT2D eigenvalue weighted by atomic mass is 127. The highest BCUT2D eigenvalue weighted by Gasteiger charge is 2.27. The van der Waals surface area contributed by atoms with Crippen LogP contribution in [0.25, 0.3) is 0 Å². The summed E-state index contributed by atoms with van der Waals surface area (Å²) in [6.07, 6.45) is 6.22. The minimum Gasteiger partial charge on any atom is -0.469 e. The monoisotopic (exact) mass is 490 g/mol. The van der Waals surface area contributed by atoms with Gasteiger partial charge < -0.3 is 19.4 Å². The highest BCUT2D eigenvalue weighted by Crippen LogP contribution is 2.18. The topological polar surface area (TPSA) is 53.2 Å². The van der Waals surface area contributed by atoms with Crippen LogP contribution in [0.1, 0.15) is 31.9 Å². The van der Waals surface area contributed by atoms with E-state index in [4.69, 9.17) is 14.1 Å². The standard InChI is InChI=1S/C20H34N4O2.HI/c1-2-3-8-21-20(22-9-6-19-5-4-13-26-19)24-10-7-18(17-24)16-23-11-14-25-15-12-23;/h4-5,13,18H,2-3,6-12,14-17H2,1H3,(H,21,22);1H.